The summed E-state index contributed by atoms with van der Waals surface area (Å²) < 4.78 is 21.3. The van der Waals surface area contributed by atoms with E-state index >= 15 is 0 Å². The maximum Gasteiger partial charge on any atom is 0.374 e. The Balaban J connectivity index is 2.08. The van der Waals surface area contributed by atoms with E-state index in [1.807, 2.05) is 19.9 Å². The number of esters is 2. The summed E-state index contributed by atoms with van der Waals surface area (Å²) >= 11 is 0. The molecule has 0 fully saturated rings. The zero-order valence-corrected chi connectivity index (χ0v) is 16.2. The van der Waals surface area contributed by atoms with Crippen LogP contribution in [0.1, 0.15) is 49.5 Å². The molecule has 0 spiro atoms. The Morgan fingerprint density at radius 3 is 2.43 bits per heavy atom. The number of hydrogen-bond acceptors (Lipinski definition) is 7. The highest BCUT2D eigenvalue weighted by atomic mass is 16.6. The van der Waals surface area contributed by atoms with Gasteiger partial charge in [0.1, 0.15) is 17.6 Å². The molecule has 0 N–H and O–H groups in total. The molecule has 0 radical (unpaired) electrons. The first-order valence-electron chi connectivity index (χ1n) is 9.19. The molecular formula is C21H22O7. The molecule has 0 aromatic heterocycles. The number of carbonyl (C=O) groups excluding carboxylic acids is 3. The van der Waals surface area contributed by atoms with Crippen molar-refractivity contribution in [2.45, 2.75) is 39.7 Å². The molecule has 0 amide bonds. The van der Waals surface area contributed by atoms with Crippen LogP contribution in [0.2, 0.25) is 0 Å². The normalized spacial score (nSPS) is 17.8. The number of carbonyl (C=O) groups is 3. The van der Waals surface area contributed by atoms with Gasteiger partial charge >= 0.3 is 11.9 Å². The first-order valence-corrected chi connectivity index (χ1v) is 9.19. The summed E-state index contributed by atoms with van der Waals surface area (Å²) in [5.74, 6) is -1.70. The lowest BCUT2D eigenvalue weighted by molar-refractivity contribution is -0.145. The molecule has 1 atom stereocenters. The summed E-state index contributed by atoms with van der Waals surface area (Å²) in [6, 6.07) is 5.33. The second-order valence-electron chi connectivity index (χ2n) is 6.61. The Labute approximate surface area is 162 Å². The van der Waals surface area contributed by atoms with Crippen molar-refractivity contribution >= 4 is 17.7 Å². The lowest BCUT2D eigenvalue weighted by Gasteiger charge is -2.31. The van der Waals surface area contributed by atoms with Crippen LogP contribution in [0.15, 0.2) is 41.4 Å². The number of fused-ring (bicyclic) bond motifs is 2. The van der Waals surface area contributed by atoms with E-state index in [2.05, 4.69) is 0 Å². The summed E-state index contributed by atoms with van der Waals surface area (Å²) in [7, 11) is 0. The molecule has 1 unspecified atom stereocenters. The van der Waals surface area contributed by atoms with Crippen molar-refractivity contribution in [1.82, 2.24) is 0 Å². The average molecular weight is 386 g/mol. The number of rotatable bonds is 5. The van der Waals surface area contributed by atoms with Gasteiger partial charge in [-0.15, -0.1) is 0 Å². The topological polar surface area (TPSA) is 88.1 Å². The fourth-order valence-corrected chi connectivity index (χ4v) is 3.05. The SMILES string of the molecule is CCOC(=O)C1=C(C(=O)OCC)C2Oc3ccc(C(C)C)cc3C(=O)C2=CO1. The lowest BCUT2D eigenvalue weighted by Crippen LogP contribution is -2.39. The van der Waals surface area contributed by atoms with Crippen LogP contribution < -0.4 is 4.74 Å². The van der Waals surface area contributed by atoms with Crippen LogP contribution in [0.3, 0.4) is 0 Å². The quantitative estimate of drug-likeness (QED) is 0.719. The molecule has 2 heterocycles. The maximum absolute atomic E-state index is 13.0. The number of ketones is 1. The van der Waals surface area contributed by atoms with Gasteiger partial charge in [0.05, 0.1) is 24.4 Å². The highest BCUT2D eigenvalue weighted by Gasteiger charge is 2.44. The van der Waals surface area contributed by atoms with Crippen LogP contribution in [-0.2, 0) is 23.8 Å². The van der Waals surface area contributed by atoms with Crippen LogP contribution in [0.4, 0.5) is 0 Å². The van der Waals surface area contributed by atoms with E-state index in [-0.39, 0.29) is 41.8 Å². The van der Waals surface area contributed by atoms with Gasteiger partial charge in [0, 0.05) is 0 Å². The molecule has 2 aliphatic rings. The maximum atomic E-state index is 13.0. The summed E-state index contributed by atoms with van der Waals surface area (Å²) in [6.45, 7) is 7.51. The third-order valence-electron chi connectivity index (χ3n) is 4.47. The molecular weight excluding hydrogens is 364 g/mol. The molecule has 1 aromatic rings. The second kappa shape index (κ2) is 7.88. The number of Topliss-reactive ketones (excluding diaryl/α,β-unsaturated/α-hetero) is 1. The van der Waals surface area contributed by atoms with Crippen molar-refractivity contribution in [3.63, 3.8) is 0 Å². The molecule has 2 aliphatic heterocycles. The van der Waals surface area contributed by atoms with Gasteiger partial charge in [0.25, 0.3) is 0 Å². The molecule has 7 nitrogen and oxygen atoms in total. The van der Waals surface area contributed by atoms with Gasteiger partial charge in [-0.3, -0.25) is 4.79 Å². The monoisotopic (exact) mass is 386 g/mol. The van der Waals surface area contributed by atoms with E-state index in [1.54, 1.807) is 26.0 Å². The summed E-state index contributed by atoms with van der Waals surface area (Å²) in [5.41, 5.74) is 1.33. The van der Waals surface area contributed by atoms with Crippen molar-refractivity contribution < 1.29 is 33.3 Å². The average Bonchev–Trinajstić information content (AvgIpc) is 2.67. The fourth-order valence-electron chi connectivity index (χ4n) is 3.05. The molecule has 0 aliphatic carbocycles. The molecule has 3 rings (SSSR count). The van der Waals surface area contributed by atoms with Gasteiger partial charge in [0.15, 0.2) is 11.9 Å². The van der Waals surface area contributed by atoms with Gasteiger partial charge in [-0.25, -0.2) is 9.59 Å². The number of benzene rings is 1. The third-order valence-corrected chi connectivity index (χ3v) is 4.47. The van der Waals surface area contributed by atoms with Crippen molar-refractivity contribution in [2.75, 3.05) is 13.2 Å². The van der Waals surface area contributed by atoms with Crippen LogP contribution in [0.25, 0.3) is 0 Å². The van der Waals surface area contributed by atoms with E-state index in [1.165, 1.54) is 0 Å². The summed E-state index contributed by atoms with van der Waals surface area (Å²) in [6.07, 6.45) is 0.0459. The largest absolute Gasteiger partial charge is 0.479 e. The van der Waals surface area contributed by atoms with Crippen LogP contribution in [-0.4, -0.2) is 37.0 Å². The Bertz CT molecular complexity index is 892. The Morgan fingerprint density at radius 2 is 1.79 bits per heavy atom. The first kappa shape index (κ1) is 19.7. The number of hydrogen-bond donors (Lipinski definition) is 0. The molecule has 28 heavy (non-hydrogen) atoms. The molecule has 0 bridgehead atoms. The predicted octanol–water partition coefficient (Wildman–Crippen LogP) is 3.05. The first-order chi connectivity index (χ1) is 13.4. The van der Waals surface area contributed by atoms with Crippen molar-refractivity contribution in [3.05, 3.63) is 52.5 Å². The minimum absolute atomic E-state index is 0.0898. The fraction of sp³-hybridized carbons (Fsp3) is 0.381. The minimum atomic E-state index is -1.10. The van der Waals surface area contributed by atoms with Crippen LogP contribution in [0.5, 0.6) is 5.75 Å². The zero-order valence-electron chi connectivity index (χ0n) is 16.2. The van der Waals surface area contributed by atoms with Crippen LogP contribution >= 0.6 is 0 Å². The Kier molecular flexibility index (Phi) is 5.53. The predicted molar refractivity (Wildman–Crippen MR) is 98.7 cm³/mol. The van der Waals surface area contributed by atoms with Gasteiger partial charge in [-0.2, -0.15) is 0 Å². The van der Waals surface area contributed by atoms with E-state index in [0.29, 0.717) is 11.3 Å². The molecule has 0 saturated heterocycles. The van der Waals surface area contributed by atoms with Gasteiger partial charge in [0.2, 0.25) is 5.76 Å². The standard InChI is InChI=1S/C21H22O7/c1-5-25-20(23)16-18-14(10-27-19(16)21(24)26-6-2)17(22)13-9-12(11(3)4)7-8-15(13)28-18/h7-11,18H,5-6H2,1-4H3. The highest BCUT2D eigenvalue weighted by molar-refractivity contribution is 6.15. The van der Waals surface area contributed by atoms with E-state index in [4.69, 9.17) is 18.9 Å². The van der Waals surface area contributed by atoms with Gasteiger partial charge in [-0.05, 0) is 37.5 Å². The highest BCUT2D eigenvalue weighted by Crippen LogP contribution is 2.38. The second-order valence-corrected chi connectivity index (χ2v) is 6.61. The minimum Gasteiger partial charge on any atom is -0.479 e. The summed E-state index contributed by atoms with van der Waals surface area (Å²) in [4.78, 5) is 37.8. The molecule has 148 valence electrons. The van der Waals surface area contributed by atoms with Crippen LogP contribution in [0, 0.1) is 0 Å². The summed E-state index contributed by atoms with van der Waals surface area (Å²) in [5, 5.41) is 0. The third kappa shape index (κ3) is 3.40. The van der Waals surface area contributed by atoms with Gasteiger partial charge < -0.3 is 18.9 Å². The molecule has 0 saturated carbocycles. The molecule has 7 heteroatoms. The number of ether oxygens (including phenoxy) is 4. The lowest BCUT2D eigenvalue weighted by atomic mass is 9.88. The smallest absolute Gasteiger partial charge is 0.374 e. The van der Waals surface area contributed by atoms with Gasteiger partial charge in [-0.1, -0.05) is 19.9 Å². The Hall–Kier alpha value is -3.09. The zero-order chi connectivity index (χ0) is 20.4. The van der Waals surface area contributed by atoms with Crippen molar-refractivity contribution in [1.29, 1.82) is 0 Å². The van der Waals surface area contributed by atoms with Crippen molar-refractivity contribution in [3.8, 4) is 5.75 Å². The van der Waals surface area contributed by atoms with Crippen molar-refractivity contribution in [2.24, 2.45) is 0 Å². The van der Waals surface area contributed by atoms with E-state index in [9.17, 15) is 14.4 Å². The molecule has 1 aromatic carbocycles. The van der Waals surface area contributed by atoms with E-state index in [0.717, 1.165) is 11.8 Å². The Morgan fingerprint density at radius 1 is 1.11 bits per heavy atom. The van der Waals surface area contributed by atoms with E-state index < -0.39 is 18.0 Å².